The van der Waals surface area contributed by atoms with E-state index in [-0.39, 0.29) is 5.41 Å². The Bertz CT molecular complexity index is 264. The molecule has 0 N–H and O–H groups in total. The number of hydrogen-bond acceptors (Lipinski definition) is 3. The van der Waals surface area contributed by atoms with Crippen LogP contribution in [-0.2, 0) is 9.53 Å². The van der Waals surface area contributed by atoms with Crippen LogP contribution < -0.4 is 0 Å². The van der Waals surface area contributed by atoms with Crippen LogP contribution in [-0.4, -0.2) is 12.6 Å². The molecule has 0 heterocycles. The number of rotatable bonds is 8. The molecule has 98 valence electrons. The van der Waals surface area contributed by atoms with Gasteiger partial charge in [0.15, 0.2) is 0 Å². The Labute approximate surface area is 105 Å². The van der Waals surface area contributed by atoms with E-state index in [0.717, 1.165) is 32.1 Å². The van der Waals surface area contributed by atoms with Gasteiger partial charge in [-0.2, -0.15) is 5.26 Å². The number of nitrogens with zero attached hydrogens (tertiary/aromatic N) is 1. The third-order valence-electron chi connectivity index (χ3n) is 3.63. The highest BCUT2D eigenvalue weighted by Gasteiger charge is 2.28. The molecule has 0 aromatic carbocycles. The molecule has 0 amide bonds. The van der Waals surface area contributed by atoms with E-state index in [1.54, 1.807) is 6.92 Å². The van der Waals surface area contributed by atoms with Crippen LogP contribution in [0.5, 0.6) is 0 Å². The average molecular weight is 239 g/mol. The fourth-order valence-electron chi connectivity index (χ4n) is 1.83. The molecule has 0 saturated heterocycles. The summed E-state index contributed by atoms with van der Waals surface area (Å²) in [5, 5.41) is 8.64. The lowest BCUT2D eigenvalue weighted by molar-refractivity contribution is -0.150. The van der Waals surface area contributed by atoms with Gasteiger partial charge in [-0.15, -0.1) is 0 Å². The van der Waals surface area contributed by atoms with Gasteiger partial charge in [-0.05, 0) is 26.2 Å². The first kappa shape index (κ1) is 16.0. The van der Waals surface area contributed by atoms with Gasteiger partial charge in [-0.1, -0.05) is 33.6 Å². The van der Waals surface area contributed by atoms with Crippen molar-refractivity contribution in [3.05, 3.63) is 0 Å². The van der Waals surface area contributed by atoms with Gasteiger partial charge in [-0.3, -0.25) is 4.79 Å². The summed E-state index contributed by atoms with van der Waals surface area (Å²) < 4.78 is 5.28. The molecule has 0 aliphatic carbocycles. The molecule has 0 radical (unpaired) electrons. The number of ether oxygens (including phenoxy) is 1. The normalized spacial score (nSPS) is 12.9. The Hall–Kier alpha value is -1.04. The maximum absolute atomic E-state index is 11.5. The molecule has 0 aromatic rings. The third kappa shape index (κ3) is 5.21. The Morgan fingerprint density at radius 2 is 1.94 bits per heavy atom. The van der Waals surface area contributed by atoms with Crippen LogP contribution >= 0.6 is 0 Å². The average Bonchev–Trinajstić information content (AvgIpc) is 2.38. The quantitative estimate of drug-likeness (QED) is 0.607. The molecular weight excluding hydrogens is 214 g/mol. The minimum atomic E-state index is -0.660. The topological polar surface area (TPSA) is 50.1 Å². The van der Waals surface area contributed by atoms with E-state index < -0.39 is 11.9 Å². The number of carbonyl (C=O) groups excluding carboxylic acids is 1. The molecule has 0 saturated carbocycles. The van der Waals surface area contributed by atoms with Crippen molar-refractivity contribution in [2.75, 3.05) is 6.61 Å². The summed E-state index contributed by atoms with van der Waals surface area (Å²) in [6.45, 7) is 8.47. The van der Waals surface area contributed by atoms with Crippen LogP contribution in [0.1, 0.15) is 59.8 Å². The Kier molecular flexibility index (Phi) is 7.61. The maximum Gasteiger partial charge on any atom is 0.323 e. The number of unbranched alkanes of at least 4 members (excludes halogenated alkanes) is 1. The van der Waals surface area contributed by atoms with E-state index in [2.05, 4.69) is 20.8 Å². The standard InChI is InChI=1S/C14H25NO2/c1-5-8-9-14(6-2,7-3)11-17-13(16)12(4)10-15/h12H,5-9,11H2,1-4H3. The van der Waals surface area contributed by atoms with Crippen LogP contribution in [0.4, 0.5) is 0 Å². The predicted octanol–water partition coefficient (Wildman–Crippen LogP) is 3.69. The molecule has 0 aromatic heterocycles. The van der Waals surface area contributed by atoms with Crippen LogP contribution in [0.3, 0.4) is 0 Å². The van der Waals surface area contributed by atoms with Crippen LogP contribution in [0, 0.1) is 22.7 Å². The lowest BCUT2D eigenvalue weighted by atomic mass is 9.78. The van der Waals surface area contributed by atoms with E-state index in [1.807, 2.05) is 6.07 Å². The molecule has 0 rings (SSSR count). The van der Waals surface area contributed by atoms with Crippen LogP contribution in [0.2, 0.25) is 0 Å². The van der Waals surface area contributed by atoms with Gasteiger partial charge in [0.25, 0.3) is 0 Å². The predicted molar refractivity (Wildman–Crippen MR) is 68.3 cm³/mol. The zero-order chi connectivity index (χ0) is 13.3. The molecule has 0 aliphatic heterocycles. The third-order valence-corrected chi connectivity index (χ3v) is 3.63. The van der Waals surface area contributed by atoms with Crippen molar-refractivity contribution < 1.29 is 9.53 Å². The SMILES string of the molecule is CCCCC(CC)(CC)COC(=O)C(C)C#N. The number of nitriles is 1. The molecule has 0 bridgehead atoms. The summed E-state index contributed by atoms with van der Waals surface area (Å²) in [5.41, 5.74) is 0.0981. The number of esters is 1. The second-order valence-electron chi connectivity index (χ2n) is 4.77. The molecule has 0 spiro atoms. The molecule has 3 heteroatoms. The van der Waals surface area contributed by atoms with Crippen molar-refractivity contribution in [2.45, 2.75) is 59.8 Å². The highest BCUT2D eigenvalue weighted by Crippen LogP contribution is 2.33. The van der Waals surface area contributed by atoms with Crippen molar-refractivity contribution in [3.8, 4) is 6.07 Å². The van der Waals surface area contributed by atoms with Crippen LogP contribution in [0.15, 0.2) is 0 Å². The highest BCUT2D eigenvalue weighted by molar-refractivity contribution is 5.74. The van der Waals surface area contributed by atoms with Gasteiger partial charge < -0.3 is 4.74 Å². The lowest BCUT2D eigenvalue weighted by Gasteiger charge is -2.31. The van der Waals surface area contributed by atoms with Gasteiger partial charge in [0.1, 0.15) is 5.92 Å². The minimum Gasteiger partial charge on any atom is -0.464 e. The molecule has 0 fully saturated rings. The van der Waals surface area contributed by atoms with Gasteiger partial charge >= 0.3 is 5.97 Å². The largest absolute Gasteiger partial charge is 0.464 e. The monoisotopic (exact) mass is 239 g/mol. The molecule has 1 atom stereocenters. The van der Waals surface area contributed by atoms with E-state index in [1.165, 1.54) is 0 Å². The smallest absolute Gasteiger partial charge is 0.323 e. The summed E-state index contributed by atoms with van der Waals surface area (Å²) in [6.07, 6.45) is 5.43. The fourth-order valence-corrected chi connectivity index (χ4v) is 1.83. The van der Waals surface area contributed by atoms with Crippen molar-refractivity contribution in [2.24, 2.45) is 11.3 Å². The van der Waals surface area contributed by atoms with E-state index in [0.29, 0.717) is 6.61 Å². The zero-order valence-corrected chi connectivity index (χ0v) is 11.6. The summed E-state index contributed by atoms with van der Waals surface area (Å²) >= 11 is 0. The van der Waals surface area contributed by atoms with Crippen molar-refractivity contribution >= 4 is 5.97 Å². The number of hydrogen-bond donors (Lipinski definition) is 0. The van der Waals surface area contributed by atoms with Gasteiger partial charge in [-0.25, -0.2) is 0 Å². The Morgan fingerprint density at radius 3 is 2.35 bits per heavy atom. The summed E-state index contributed by atoms with van der Waals surface area (Å²) in [4.78, 5) is 11.5. The Morgan fingerprint density at radius 1 is 1.35 bits per heavy atom. The van der Waals surface area contributed by atoms with E-state index in [4.69, 9.17) is 10.00 Å². The molecule has 3 nitrogen and oxygen atoms in total. The van der Waals surface area contributed by atoms with Crippen LogP contribution in [0.25, 0.3) is 0 Å². The minimum absolute atomic E-state index is 0.0981. The lowest BCUT2D eigenvalue weighted by Crippen LogP contribution is -2.28. The first-order chi connectivity index (χ1) is 8.05. The molecule has 0 aliphatic rings. The fraction of sp³-hybridized carbons (Fsp3) is 0.857. The Balaban J connectivity index is 4.35. The summed E-state index contributed by atoms with van der Waals surface area (Å²) in [5.74, 6) is -1.05. The van der Waals surface area contributed by atoms with E-state index >= 15 is 0 Å². The van der Waals surface area contributed by atoms with Crippen molar-refractivity contribution in [3.63, 3.8) is 0 Å². The second kappa shape index (κ2) is 8.11. The summed E-state index contributed by atoms with van der Waals surface area (Å²) in [7, 11) is 0. The first-order valence-electron chi connectivity index (χ1n) is 6.61. The van der Waals surface area contributed by atoms with Gasteiger partial charge in [0.2, 0.25) is 0 Å². The highest BCUT2D eigenvalue weighted by atomic mass is 16.5. The molecule has 1 unspecified atom stereocenters. The molecular formula is C14H25NO2. The van der Waals surface area contributed by atoms with Crippen molar-refractivity contribution in [1.82, 2.24) is 0 Å². The van der Waals surface area contributed by atoms with Gasteiger partial charge in [0, 0.05) is 5.41 Å². The van der Waals surface area contributed by atoms with E-state index in [9.17, 15) is 4.79 Å². The van der Waals surface area contributed by atoms with Gasteiger partial charge in [0.05, 0.1) is 12.7 Å². The summed E-state index contributed by atoms with van der Waals surface area (Å²) in [6, 6.07) is 1.91. The first-order valence-corrected chi connectivity index (χ1v) is 6.61. The zero-order valence-electron chi connectivity index (χ0n) is 11.6. The second-order valence-corrected chi connectivity index (χ2v) is 4.77. The van der Waals surface area contributed by atoms with Crippen molar-refractivity contribution in [1.29, 1.82) is 5.26 Å². The molecule has 17 heavy (non-hydrogen) atoms. The number of carbonyl (C=O) groups is 1. The maximum atomic E-state index is 11.5.